The number of ether oxygens (including phenoxy) is 1. The Morgan fingerprint density at radius 3 is 2.60 bits per heavy atom. The summed E-state index contributed by atoms with van der Waals surface area (Å²) in [5, 5.41) is 0. The second kappa shape index (κ2) is 7.63. The summed E-state index contributed by atoms with van der Waals surface area (Å²) in [6.07, 6.45) is 4.45. The molecule has 0 unspecified atom stereocenters. The summed E-state index contributed by atoms with van der Waals surface area (Å²) < 4.78 is 5.48. The van der Waals surface area contributed by atoms with E-state index in [2.05, 4.69) is 19.6 Å². The Bertz CT molecular complexity index is 1020. The van der Waals surface area contributed by atoms with Crippen LogP contribution in [0.25, 0.3) is 6.08 Å². The van der Waals surface area contributed by atoms with E-state index in [1.54, 1.807) is 13.2 Å². The van der Waals surface area contributed by atoms with Gasteiger partial charge >= 0.3 is 0 Å². The van der Waals surface area contributed by atoms with E-state index in [9.17, 15) is 9.59 Å². The third-order valence-corrected chi connectivity index (χ3v) is 6.96. The number of carbonyl (C=O) groups excluding carboxylic acids is 2. The predicted molar refractivity (Wildman–Crippen MR) is 117 cm³/mol. The maximum atomic E-state index is 13.0. The van der Waals surface area contributed by atoms with Gasteiger partial charge in [-0.3, -0.25) is 9.59 Å². The van der Waals surface area contributed by atoms with E-state index >= 15 is 0 Å². The molecule has 2 aliphatic rings. The van der Waals surface area contributed by atoms with Crippen molar-refractivity contribution >= 4 is 17.9 Å². The molecule has 1 aliphatic heterocycles. The number of amides is 2. The van der Waals surface area contributed by atoms with Gasteiger partial charge in [-0.25, -0.2) is 0 Å². The van der Waals surface area contributed by atoms with Gasteiger partial charge in [0.2, 0.25) is 5.91 Å². The van der Waals surface area contributed by atoms with Crippen LogP contribution in [0.2, 0.25) is 0 Å². The molecule has 5 nitrogen and oxygen atoms in total. The molecular weight excluding hydrogens is 376 g/mol. The third kappa shape index (κ3) is 3.09. The standard InChI is InChI=1S/C25H28N2O3/c1-4-17-8-9-18(14-22(17)30-3)25(24(26)29)12-10-19(11-13-25)27-15-21-16(2)6-5-7-20(21)23(27)28/h4-9,14,19H,1,10-13,15H2,2-3H3,(H2,26,29). The van der Waals surface area contributed by atoms with Crippen molar-refractivity contribution in [1.82, 2.24) is 4.90 Å². The molecule has 0 saturated heterocycles. The Morgan fingerprint density at radius 1 is 1.27 bits per heavy atom. The van der Waals surface area contributed by atoms with Crippen molar-refractivity contribution in [3.05, 3.63) is 70.8 Å². The minimum absolute atomic E-state index is 0.0993. The van der Waals surface area contributed by atoms with Crippen LogP contribution in [0.1, 0.15) is 58.3 Å². The molecule has 0 atom stereocenters. The van der Waals surface area contributed by atoms with Gasteiger partial charge in [-0.1, -0.05) is 36.9 Å². The molecule has 1 heterocycles. The van der Waals surface area contributed by atoms with Crippen molar-refractivity contribution in [2.45, 2.75) is 50.6 Å². The minimum atomic E-state index is -0.741. The monoisotopic (exact) mass is 404 g/mol. The normalized spacial score (nSPS) is 23.2. The first-order valence-electron chi connectivity index (χ1n) is 10.4. The maximum absolute atomic E-state index is 13.0. The van der Waals surface area contributed by atoms with Crippen molar-refractivity contribution < 1.29 is 14.3 Å². The highest BCUT2D eigenvalue weighted by atomic mass is 16.5. The molecule has 2 amide bonds. The van der Waals surface area contributed by atoms with E-state index < -0.39 is 5.41 Å². The number of carbonyl (C=O) groups is 2. The maximum Gasteiger partial charge on any atom is 0.254 e. The summed E-state index contributed by atoms with van der Waals surface area (Å²) >= 11 is 0. The highest BCUT2D eigenvalue weighted by Gasteiger charge is 2.45. The number of benzene rings is 2. The van der Waals surface area contributed by atoms with Crippen LogP contribution in [-0.2, 0) is 16.8 Å². The first-order valence-corrected chi connectivity index (χ1v) is 10.4. The van der Waals surface area contributed by atoms with Gasteiger partial charge in [0.05, 0.1) is 12.5 Å². The Kier molecular flexibility index (Phi) is 5.14. The van der Waals surface area contributed by atoms with Gasteiger partial charge in [0, 0.05) is 23.7 Å². The summed E-state index contributed by atoms with van der Waals surface area (Å²) in [4.78, 5) is 27.6. The van der Waals surface area contributed by atoms with Gasteiger partial charge < -0.3 is 15.4 Å². The van der Waals surface area contributed by atoms with Gasteiger partial charge in [0.25, 0.3) is 5.91 Å². The Hall–Kier alpha value is -3.08. The number of aryl methyl sites for hydroxylation is 1. The van der Waals surface area contributed by atoms with Crippen molar-refractivity contribution in [2.24, 2.45) is 5.73 Å². The lowest BCUT2D eigenvalue weighted by Crippen LogP contribution is -2.48. The molecule has 1 saturated carbocycles. The van der Waals surface area contributed by atoms with E-state index in [1.165, 1.54) is 0 Å². The van der Waals surface area contributed by atoms with E-state index in [4.69, 9.17) is 10.5 Å². The number of rotatable bonds is 5. The van der Waals surface area contributed by atoms with E-state index in [-0.39, 0.29) is 17.9 Å². The average molecular weight is 405 g/mol. The van der Waals surface area contributed by atoms with Gasteiger partial charge in [-0.15, -0.1) is 0 Å². The number of nitrogens with two attached hydrogens (primary N) is 1. The Morgan fingerprint density at radius 2 is 2.00 bits per heavy atom. The van der Waals surface area contributed by atoms with Crippen LogP contribution < -0.4 is 10.5 Å². The number of methoxy groups -OCH3 is 1. The fraction of sp³-hybridized carbons (Fsp3) is 0.360. The molecule has 4 rings (SSSR count). The average Bonchev–Trinajstić information content (AvgIpc) is 3.11. The van der Waals surface area contributed by atoms with Gasteiger partial charge in [-0.05, 0) is 61.4 Å². The second-order valence-corrected chi connectivity index (χ2v) is 8.37. The molecular formula is C25H28N2O3. The van der Waals surface area contributed by atoms with Crippen LogP contribution in [0.4, 0.5) is 0 Å². The topological polar surface area (TPSA) is 72.6 Å². The van der Waals surface area contributed by atoms with Crippen LogP contribution >= 0.6 is 0 Å². The Labute approximate surface area is 177 Å². The molecule has 0 bridgehead atoms. The van der Waals surface area contributed by atoms with E-state index in [0.29, 0.717) is 25.1 Å². The van der Waals surface area contributed by atoms with E-state index in [1.807, 2.05) is 35.2 Å². The lowest BCUT2D eigenvalue weighted by molar-refractivity contribution is -0.125. The lowest BCUT2D eigenvalue weighted by Gasteiger charge is -2.41. The molecule has 0 spiro atoms. The smallest absolute Gasteiger partial charge is 0.254 e. The lowest BCUT2D eigenvalue weighted by atomic mass is 9.67. The highest BCUT2D eigenvalue weighted by molar-refractivity contribution is 5.99. The SMILES string of the molecule is C=Cc1ccc(C2(C(N)=O)CCC(N3Cc4c(C)cccc4C3=O)CC2)cc1OC. The van der Waals surface area contributed by atoms with Gasteiger partial charge in [-0.2, -0.15) is 0 Å². The second-order valence-electron chi connectivity index (χ2n) is 8.37. The first kappa shape index (κ1) is 20.2. The van der Waals surface area contributed by atoms with Crippen LogP contribution in [0, 0.1) is 6.92 Å². The number of hydrogen-bond donors (Lipinski definition) is 1. The van der Waals surface area contributed by atoms with Crippen molar-refractivity contribution in [3.63, 3.8) is 0 Å². The molecule has 2 N–H and O–H groups in total. The zero-order chi connectivity index (χ0) is 21.5. The zero-order valence-electron chi connectivity index (χ0n) is 17.6. The van der Waals surface area contributed by atoms with Crippen molar-refractivity contribution in [2.75, 3.05) is 7.11 Å². The summed E-state index contributed by atoms with van der Waals surface area (Å²) in [7, 11) is 1.61. The van der Waals surface area contributed by atoms with Gasteiger partial charge in [0.15, 0.2) is 0 Å². The summed E-state index contributed by atoms with van der Waals surface area (Å²) in [6, 6.07) is 11.8. The molecule has 0 aromatic heterocycles. The molecule has 5 heteroatoms. The first-order chi connectivity index (χ1) is 14.4. The summed E-state index contributed by atoms with van der Waals surface area (Å²) in [5.74, 6) is 0.467. The molecule has 2 aromatic carbocycles. The largest absolute Gasteiger partial charge is 0.496 e. The van der Waals surface area contributed by atoms with Crippen LogP contribution in [0.15, 0.2) is 43.0 Å². The molecule has 1 fully saturated rings. The number of hydrogen-bond acceptors (Lipinski definition) is 3. The fourth-order valence-electron chi connectivity index (χ4n) is 5.07. The van der Waals surface area contributed by atoms with Crippen LogP contribution in [0.5, 0.6) is 5.75 Å². The van der Waals surface area contributed by atoms with Crippen molar-refractivity contribution in [1.29, 1.82) is 0 Å². The molecule has 30 heavy (non-hydrogen) atoms. The highest BCUT2D eigenvalue weighted by Crippen LogP contribution is 2.43. The molecule has 156 valence electrons. The zero-order valence-corrected chi connectivity index (χ0v) is 17.6. The number of primary amides is 1. The van der Waals surface area contributed by atoms with Gasteiger partial charge in [0.1, 0.15) is 5.75 Å². The number of nitrogens with zero attached hydrogens (tertiary/aromatic N) is 1. The quantitative estimate of drug-likeness (QED) is 0.820. The van der Waals surface area contributed by atoms with E-state index in [0.717, 1.165) is 40.7 Å². The predicted octanol–water partition coefficient (Wildman–Crippen LogP) is 3.97. The Balaban J connectivity index is 1.58. The molecule has 1 aliphatic carbocycles. The number of fused-ring (bicyclic) bond motifs is 1. The van der Waals surface area contributed by atoms with Crippen LogP contribution in [-0.4, -0.2) is 29.9 Å². The summed E-state index contributed by atoms with van der Waals surface area (Å²) in [6.45, 7) is 6.51. The fourth-order valence-corrected chi connectivity index (χ4v) is 5.07. The summed E-state index contributed by atoms with van der Waals surface area (Å²) in [5.41, 5.74) is 10.0. The molecule has 0 radical (unpaired) electrons. The third-order valence-electron chi connectivity index (χ3n) is 6.96. The van der Waals surface area contributed by atoms with Crippen molar-refractivity contribution in [3.8, 4) is 5.75 Å². The minimum Gasteiger partial charge on any atom is -0.496 e. The van der Waals surface area contributed by atoms with Crippen LogP contribution in [0.3, 0.4) is 0 Å². The molecule has 2 aromatic rings.